The van der Waals surface area contributed by atoms with Crippen LogP contribution >= 0.6 is 0 Å². The van der Waals surface area contributed by atoms with E-state index >= 15 is 0 Å². The van der Waals surface area contributed by atoms with Gasteiger partial charge < -0.3 is 19.0 Å². The molecule has 0 spiro atoms. The SMILES string of the molecule is O=C(O)COc1cccc2c(COCC(c3ccccc3)c3ccccc3)coc12. The number of hydrogen-bond acceptors (Lipinski definition) is 4. The first kappa shape index (κ1) is 19.7. The second kappa shape index (κ2) is 9.29. The molecule has 1 aromatic heterocycles. The van der Waals surface area contributed by atoms with Crippen LogP contribution in [0.3, 0.4) is 0 Å². The summed E-state index contributed by atoms with van der Waals surface area (Å²) in [6.07, 6.45) is 1.64. The highest BCUT2D eigenvalue weighted by Gasteiger charge is 2.16. The molecular formula is C25H22O5. The van der Waals surface area contributed by atoms with Gasteiger partial charge in [-0.15, -0.1) is 0 Å². The molecule has 0 saturated heterocycles. The highest BCUT2D eigenvalue weighted by molar-refractivity contribution is 5.86. The number of hydrogen-bond donors (Lipinski definition) is 1. The normalized spacial score (nSPS) is 11.1. The van der Waals surface area contributed by atoms with Crippen molar-refractivity contribution >= 4 is 16.9 Å². The number of fused-ring (bicyclic) bond motifs is 1. The van der Waals surface area contributed by atoms with Crippen LogP contribution in [0.25, 0.3) is 11.0 Å². The summed E-state index contributed by atoms with van der Waals surface area (Å²) in [5, 5.41) is 9.69. The lowest BCUT2D eigenvalue weighted by Crippen LogP contribution is -2.10. The summed E-state index contributed by atoms with van der Waals surface area (Å²) < 4.78 is 17.1. The van der Waals surface area contributed by atoms with Gasteiger partial charge in [-0.25, -0.2) is 4.79 Å². The van der Waals surface area contributed by atoms with Crippen LogP contribution in [-0.2, 0) is 16.1 Å². The van der Waals surface area contributed by atoms with Crippen LogP contribution in [0.4, 0.5) is 0 Å². The van der Waals surface area contributed by atoms with Gasteiger partial charge in [-0.3, -0.25) is 0 Å². The standard InChI is InChI=1S/C25H22O5/c26-24(27)17-29-23-13-7-12-21-20(15-30-25(21)23)14-28-16-22(18-8-3-1-4-9-18)19-10-5-2-6-11-19/h1-13,15,22H,14,16-17H2,(H,26,27). The van der Waals surface area contributed by atoms with Gasteiger partial charge >= 0.3 is 5.97 Å². The van der Waals surface area contributed by atoms with Crippen molar-refractivity contribution < 1.29 is 23.8 Å². The Hall–Kier alpha value is -3.57. The molecule has 0 atom stereocenters. The summed E-state index contributed by atoms with van der Waals surface area (Å²) in [4.78, 5) is 10.8. The van der Waals surface area contributed by atoms with E-state index in [1.807, 2.05) is 48.5 Å². The smallest absolute Gasteiger partial charge is 0.341 e. The van der Waals surface area contributed by atoms with Crippen LogP contribution in [0.15, 0.2) is 89.5 Å². The number of furan rings is 1. The van der Waals surface area contributed by atoms with Gasteiger partial charge in [-0.05, 0) is 17.2 Å². The molecule has 0 aliphatic rings. The Morgan fingerprint density at radius 3 is 2.20 bits per heavy atom. The van der Waals surface area contributed by atoms with Gasteiger partial charge in [0.1, 0.15) is 0 Å². The Kier molecular flexibility index (Phi) is 6.11. The second-order valence-electron chi connectivity index (χ2n) is 6.97. The Bertz CT molecular complexity index is 1060. The van der Waals surface area contributed by atoms with Crippen molar-refractivity contribution in [1.82, 2.24) is 0 Å². The average Bonchev–Trinajstić information content (AvgIpc) is 3.20. The number of carbonyl (C=O) groups is 1. The van der Waals surface area contributed by atoms with E-state index in [2.05, 4.69) is 24.3 Å². The number of benzene rings is 3. The Labute approximate surface area is 174 Å². The Morgan fingerprint density at radius 2 is 1.57 bits per heavy atom. The molecule has 0 amide bonds. The Morgan fingerprint density at radius 1 is 0.900 bits per heavy atom. The first-order valence-corrected chi connectivity index (χ1v) is 9.73. The zero-order chi connectivity index (χ0) is 20.8. The second-order valence-corrected chi connectivity index (χ2v) is 6.97. The van der Waals surface area contributed by atoms with E-state index in [1.54, 1.807) is 12.3 Å². The zero-order valence-corrected chi connectivity index (χ0v) is 16.4. The lowest BCUT2D eigenvalue weighted by atomic mass is 9.92. The molecule has 0 saturated carbocycles. The third-order valence-electron chi connectivity index (χ3n) is 4.94. The van der Waals surface area contributed by atoms with Crippen molar-refractivity contribution in [1.29, 1.82) is 0 Å². The van der Waals surface area contributed by atoms with E-state index in [9.17, 15) is 4.79 Å². The fourth-order valence-corrected chi connectivity index (χ4v) is 3.49. The van der Waals surface area contributed by atoms with Gasteiger partial charge in [-0.1, -0.05) is 72.8 Å². The number of ether oxygens (including phenoxy) is 2. The predicted molar refractivity (Wildman–Crippen MR) is 114 cm³/mol. The minimum atomic E-state index is -1.03. The molecule has 152 valence electrons. The fourth-order valence-electron chi connectivity index (χ4n) is 3.49. The highest BCUT2D eigenvalue weighted by atomic mass is 16.5. The summed E-state index contributed by atoms with van der Waals surface area (Å²) in [7, 11) is 0. The maximum atomic E-state index is 10.8. The molecule has 0 aliphatic heterocycles. The minimum absolute atomic E-state index is 0.125. The van der Waals surface area contributed by atoms with Crippen molar-refractivity contribution in [2.24, 2.45) is 0 Å². The largest absolute Gasteiger partial charge is 0.479 e. The molecule has 0 fully saturated rings. The molecule has 1 heterocycles. The molecule has 5 nitrogen and oxygen atoms in total. The van der Waals surface area contributed by atoms with Crippen molar-refractivity contribution in [2.75, 3.05) is 13.2 Å². The molecular weight excluding hydrogens is 380 g/mol. The summed E-state index contributed by atoms with van der Waals surface area (Å²) in [5.41, 5.74) is 3.82. The third kappa shape index (κ3) is 4.53. The number of carboxylic acid groups (broad SMARTS) is 1. The van der Waals surface area contributed by atoms with Gasteiger partial charge in [0, 0.05) is 16.9 Å². The first-order valence-electron chi connectivity index (χ1n) is 9.73. The molecule has 0 radical (unpaired) electrons. The van der Waals surface area contributed by atoms with Crippen LogP contribution in [-0.4, -0.2) is 24.3 Å². The highest BCUT2D eigenvalue weighted by Crippen LogP contribution is 2.31. The van der Waals surface area contributed by atoms with E-state index in [-0.39, 0.29) is 5.92 Å². The van der Waals surface area contributed by atoms with Crippen LogP contribution in [0.5, 0.6) is 5.75 Å². The molecule has 30 heavy (non-hydrogen) atoms. The summed E-state index contributed by atoms with van der Waals surface area (Å²) in [6.45, 7) is 0.489. The molecule has 0 unspecified atom stereocenters. The Balaban J connectivity index is 1.49. The number of carboxylic acids is 1. The minimum Gasteiger partial charge on any atom is -0.479 e. The monoisotopic (exact) mass is 402 g/mol. The quantitative estimate of drug-likeness (QED) is 0.414. The molecule has 3 aromatic carbocycles. The van der Waals surface area contributed by atoms with Gasteiger partial charge in [0.15, 0.2) is 17.9 Å². The predicted octanol–water partition coefficient (Wildman–Crippen LogP) is 5.24. The van der Waals surface area contributed by atoms with Crippen LogP contribution < -0.4 is 4.74 Å². The van der Waals surface area contributed by atoms with Crippen molar-refractivity contribution in [2.45, 2.75) is 12.5 Å². The summed E-state index contributed by atoms with van der Waals surface area (Å²) in [5.74, 6) is -0.498. The lowest BCUT2D eigenvalue weighted by molar-refractivity contribution is -0.139. The van der Waals surface area contributed by atoms with E-state index in [0.717, 1.165) is 10.9 Å². The molecule has 0 bridgehead atoms. The van der Waals surface area contributed by atoms with E-state index in [0.29, 0.717) is 24.5 Å². The zero-order valence-electron chi connectivity index (χ0n) is 16.4. The molecule has 5 heteroatoms. The van der Waals surface area contributed by atoms with Crippen LogP contribution in [0, 0.1) is 0 Å². The van der Waals surface area contributed by atoms with Gasteiger partial charge in [0.05, 0.1) is 19.5 Å². The van der Waals surface area contributed by atoms with E-state index < -0.39 is 12.6 Å². The van der Waals surface area contributed by atoms with Crippen LogP contribution in [0.2, 0.25) is 0 Å². The lowest BCUT2D eigenvalue weighted by Gasteiger charge is -2.18. The topological polar surface area (TPSA) is 68.9 Å². The van der Waals surface area contributed by atoms with Crippen molar-refractivity contribution in [3.63, 3.8) is 0 Å². The maximum Gasteiger partial charge on any atom is 0.341 e. The number of rotatable bonds is 9. The molecule has 1 N–H and O–H groups in total. The summed E-state index contributed by atoms with van der Waals surface area (Å²) >= 11 is 0. The number of para-hydroxylation sites is 1. The van der Waals surface area contributed by atoms with Crippen molar-refractivity contribution in [3.8, 4) is 5.75 Å². The maximum absolute atomic E-state index is 10.8. The first-order chi connectivity index (χ1) is 14.7. The third-order valence-corrected chi connectivity index (χ3v) is 4.94. The van der Waals surface area contributed by atoms with E-state index in [1.165, 1.54) is 11.1 Å². The van der Waals surface area contributed by atoms with Gasteiger partial charge in [-0.2, -0.15) is 0 Å². The molecule has 4 rings (SSSR count). The summed E-state index contributed by atoms with van der Waals surface area (Å²) in [6, 6.07) is 26.0. The fraction of sp³-hybridized carbons (Fsp3) is 0.160. The van der Waals surface area contributed by atoms with Crippen LogP contribution in [0.1, 0.15) is 22.6 Å². The number of aliphatic carboxylic acids is 1. The van der Waals surface area contributed by atoms with Gasteiger partial charge in [0.25, 0.3) is 0 Å². The van der Waals surface area contributed by atoms with Gasteiger partial charge in [0.2, 0.25) is 0 Å². The average molecular weight is 402 g/mol. The molecule has 0 aliphatic carbocycles. The van der Waals surface area contributed by atoms with E-state index in [4.69, 9.17) is 19.0 Å². The van der Waals surface area contributed by atoms with Crippen molar-refractivity contribution in [3.05, 3.63) is 102 Å². The molecule has 4 aromatic rings.